The van der Waals surface area contributed by atoms with Gasteiger partial charge >= 0.3 is 0 Å². The molecule has 3 rings (SSSR count). The molecule has 6 heteroatoms. The molecule has 2 aromatic heterocycles. The minimum atomic E-state index is 0.0238. The third-order valence-corrected chi connectivity index (χ3v) is 4.04. The maximum atomic E-state index is 11.9. The van der Waals surface area contributed by atoms with Crippen LogP contribution in [0.15, 0.2) is 41.5 Å². The van der Waals surface area contributed by atoms with Crippen molar-refractivity contribution < 1.29 is 9.21 Å². The predicted octanol–water partition coefficient (Wildman–Crippen LogP) is 1.50. The lowest BCUT2D eigenvalue weighted by atomic mass is 9.97. The zero-order valence-electron chi connectivity index (χ0n) is 12.6. The Morgan fingerprint density at radius 2 is 2.45 bits per heavy atom. The highest BCUT2D eigenvalue weighted by molar-refractivity contribution is 5.75. The average Bonchev–Trinajstić information content (AvgIpc) is 3.19. The van der Waals surface area contributed by atoms with Crippen molar-refractivity contribution in [2.75, 3.05) is 19.6 Å². The largest absolute Gasteiger partial charge is 0.472 e. The van der Waals surface area contributed by atoms with Gasteiger partial charge in [-0.2, -0.15) is 5.10 Å². The number of furan rings is 1. The fourth-order valence-electron chi connectivity index (χ4n) is 2.96. The van der Waals surface area contributed by atoms with Gasteiger partial charge in [0, 0.05) is 37.6 Å². The molecule has 3 heterocycles. The summed E-state index contributed by atoms with van der Waals surface area (Å²) in [4.78, 5) is 14.3. The average molecular weight is 302 g/mol. The number of nitrogens with one attached hydrogen (secondary N) is 1. The molecule has 1 unspecified atom stereocenters. The number of rotatable bonds is 6. The second-order valence-corrected chi connectivity index (χ2v) is 5.88. The van der Waals surface area contributed by atoms with Gasteiger partial charge in [0.2, 0.25) is 5.91 Å². The first kappa shape index (κ1) is 14.8. The van der Waals surface area contributed by atoms with E-state index in [0.717, 1.165) is 26.2 Å². The number of aromatic nitrogens is 2. The van der Waals surface area contributed by atoms with Crippen LogP contribution in [0.4, 0.5) is 0 Å². The molecule has 0 bridgehead atoms. The van der Waals surface area contributed by atoms with Crippen molar-refractivity contribution in [3.05, 3.63) is 42.6 Å². The molecule has 1 N–H and O–H groups in total. The number of piperidine rings is 1. The van der Waals surface area contributed by atoms with E-state index in [0.29, 0.717) is 12.5 Å². The van der Waals surface area contributed by atoms with Crippen molar-refractivity contribution in [3.63, 3.8) is 0 Å². The molecule has 1 amide bonds. The first-order chi connectivity index (χ1) is 10.8. The van der Waals surface area contributed by atoms with Gasteiger partial charge in [-0.15, -0.1) is 0 Å². The van der Waals surface area contributed by atoms with Crippen LogP contribution in [-0.4, -0.2) is 40.2 Å². The van der Waals surface area contributed by atoms with Crippen molar-refractivity contribution in [3.8, 4) is 0 Å². The Bertz CT molecular complexity index is 565. The fraction of sp³-hybridized carbons (Fsp3) is 0.500. The number of hydrogen-bond donors (Lipinski definition) is 1. The summed E-state index contributed by atoms with van der Waals surface area (Å²) in [6.07, 6.45) is 9.35. The van der Waals surface area contributed by atoms with E-state index in [1.807, 2.05) is 12.1 Å². The minimum absolute atomic E-state index is 0.0238. The fourth-order valence-corrected chi connectivity index (χ4v) is 2.96. The van der Waals surface area contributed by atoms with Gasteiger partial charge in [-0.3, -0.25) is 14.4 Å². The van der Waals surface area contributed by atoms with E-state index in [-0.39, 0.29) is 5.91 Å². The zero-order valence-corrected chi connectivity index (χ0v) is 12.6. The van der Waals surface area contributed by atoms with Gasteiger partial charge in [0.1, 0.15) is 6.54 Å². The standard InChI is InChI=1S/C16H22N4O2/c21-16(12-20-7-2-5-18-20)17-9-14-3-1-6-19(10-14)11-15-4-8-22-13-15/h2,4-5,7-8,13-14H,1,3,6,9-12H2,(H,17,21). The third-order valence-electron chi connectivity index (χ3n) is 4.04. The molecule has 6 nitrogen and oxygen atoms in total. The van der Waals surface area contributed by atoms with Gasteiger partial charge in [0.15, 0.2) is 0 Å². The summed E-state index contributed by atoms with van der Waals surface area (Å²) >= 11 is 0. The van der Waals surface area contributed by atoms with Crippen LogP contribution in [0.25, 0.3) is 0 Å². The van der Waals surface area contributed by atoms with E-state index < -0.39 is 0 Å². The second kappa shape index (κ2) is 7.26. The molecule has 1 aliphatic heterocycles. The molecular weight excluding hydrogens is 280 g/mol. The Labute approximate surface area is 130 Å². The predicted molar refractivity (Wildman–Crippen MR) is 81.9 cm³/mol. The summed E-state index contributed by atoms with van der Waals surface area (Å²) in [6, 6.07) is 3.83. The lowest BCUT2D eigenvalue weighted by Gasteiger charge is -2.32. The number of carbonyl (C=O) groups is 1. The van der Waals surface area contributed by atoms with E-state index in [1.165, 1.54) is 18.4 Å². The Morgan fingerprint density at radius 1 is 1.50 bits per heavy atom. The molecular formula is C16H22N4O2. The maximum Gasteiger partial charge on any atom is 0.241 e. The van der Waals surface area contributed by atoms with E-state index in [9.17, 15) is 4.79 Å². The van der Waals surface area contributed by atoms with Crippen LogP contribution in [0.2, 0.25) is 0 Å². The SMILES string of the molecule is O=C(Cn1cccn1)NCC1CCCN(Cc2ccoc2)C1. The number of hydrogen-bond acceptors (Lipinski definition) is 4. The van der Waals surface area contributed by atoms with Gasteiger partial charge in [0.05, 0.1) is 12.5 Å². The molecule has 1 aliphatic rings. The number of likely N-dealkylation sites (tertiary alicyclic amines) is 1. The van der Waals surface area contributed by atoms with Crippen LogP contribution in [0.3, 0.4) is 0 Å². The molecule has 0 aromatic carbocycles. The molecule has 0 aliphatic carbocycles. The van der Waals surface area contributed by atoms with Gasteiger partial charge < -0.3 is 9.73 Å². The smallest absolute Gasteiger partial charge is 0.241 e. The van der Waals surface area contributed by atoms with E-state index in [4.69, 9.17) is 4.42 Å². The number of carbonyl (C=O) groups excluding carboxylic acids is 1. The highest BCUT2D eigenvalue weighted by atomic mass is 16.3. The van der Waals surface area contributed by atoms with Gasteiger partial charge in [-0.1, -0.05) is 0 Å². The summed E-state index contributed by atoms with van der Waals surface area (Å²) < 4.78 is 6.76. The molecule has 1 atom stereocenters. The van der Waals surface area contributed by atoms with Crippen LogP contribution >= 0.6 is 0 Å². The lowest BCUT2D eigenvalue weighted by Crippen LogP contribution is -2.41. The van der Waals surface area contributed by atoms with Crippen molar-refractivity contribution in [1.82, 2.24) is 20.0 Å². The Kier molecular flexibility index (Phi) is 4.90. The van der Waals surface area contributed by atoms with Crippen LogP contribution in [0, 0.1) is 5.92 Å². The van der Waals surface area contributed by atoms with E-state index >= 15 is 0 Å². The van der Waals surface area contributed by atoms with Crippen LogP contribution in [0.5, 0.6) is 0 Å². The van der Waals surface area contributed by atoms with Gasteiger partial charge in [-0.05, 0) is 37.4 Å². The summed E-state index contributed by atoms with van der Waals surface area (Å²) in [5, 5.41) is 7.07. The van der Waals surface area contributed by atoms with Gasteiger partial charge in [0.25, 0.3) is 0 Å². The Hall–Kier alpha value is -2.08. The number of amides is 1. The quantitative estimate of drug-likeness (QED) is 0.878. The van der Waals surface area contributed by atoms with Crippen LogP contribution in [0.1, 0.15) is 18.4 Å². The molecule has 1 saturated heterocycles. The molecule has 118 valence electrons. The molecule has 22 heavy (non-hydrogen) atoms. The summed E-state index contributed by atoms with van der Waals surface area (Å²) in [5.74, 6) is 0.540. The van der Waals surface area contributed by atoms with Crippen molar-refractivity contribution in [2.24, 2.45) is 5.92 Å². The van der Waals surface area contributed by atoms with Crippen LogP contribution < -0.4 is 5.32 Å². The van der Waals surface area contributed by atoms with Gasteiger partial charge in [-0.25, -0.2) is 0 Å². The van der Waals surface area contributed by atoms with E-state index in [1.54, 1.807) is 29.6 Å². The highest BCUT2D eigenvalue weighted by Crippen LogP contribution is 2.18. The molecule has 2 aromatic rings. The van der Waals surface area contributed by atoms with Crippen molar-refractivity contribution >= 4 is 5.91 Å². The third kappa shape index (κ3) is 4.21. The zero-order chi connectivity index (χ0) is 15.2. The minimum Gasteiger partial charge on any atom is -0.472 e. The second-order valence-electron chi connectivity index (χ2n) is 5.88. The number of nitrogens with zero attached hydrogens (tertiary/aromatic N) is 3. The first-order valence-corrected chi connectivity index (χ1v) is 7.77. The van der Waals surface area contributed by atoms with Crippen molar-refractivity contribution in [2.45, 2.75) is 25.9 Å². The monoisotopic (exact) mass is 302 g/mol. The summed E-state index contributed by atoms with van der Waals surface area (Å²) in [5.41, 5.74) is 1.21. The Morgan fingerprint density at radius 3 is 3.23 bits per heavy atom. The molecule has 0 radical (unpaired) electrons. The normalized spacial score (nSPS) is 19.2. The Balaban J connectivity index is 1.41. The summed E-state index contributed by atoms with van der Waals surface area (Å²) in [6.45, 7) is 4.09. The first-order valence-electron chi connectivity index (χ1n) is 7.77. The van der Waals surface area contributed by atoms with Crippen LogP contribution in [-0.2, 0) is 17.9 Å². The van der Waals surface area contributed by atoms with Crippen molar-refractivity contribution in [1.29, 1.82) is 0 Å². The summed E-state index contributed by atoms with van der Waals surface area (Å²) in [7, 11) is 0. The maximum absolute atomic E-state index is 11.9. The lowest BCUT2D eigenvalue weighted by molar-refractivity contribution is -0.122. The highest BCUT2D eigenvalue weighted by Gasteiger charge is 2.20. The topological polar surface area (TPSA) is 63.3 Å². The molecule has 0 saturated carbocycles. The van der Waals surface area contributed by atoms with E-state index in [2.05, 4.69) is 15.3 Å². The molecule has 1 fully saturated rings. The molecule has 0 spiro atoms.